The van der Waals surface area contributed by atoms with Crippen LogP contribution in [0.15, 0.2) is 54.7 Å². The standard InChI is InChI=1S/C23H25N5O3/c1-23(24,19-14-28(22(29)31-19)16-6-4-3-5-7-16)15-12-27(13-15)18-10-11-25-17-8-9-20(30-2)26-21(17)18/h3-11,15,19H,12-14,24H2,1-2H3/t19-,23?/m1/s1. The Kier molecular flexibility index (Phi) is 4.66. The van der Waals surface area contributed by atoms with E-state index in [1.807, 2.05) is 55.5 Å². The van der Waals surface area contributed by atoms with Crippen LogP contribution in [0.25, 0.3) is 11.0 Å². The van der Waals surface area contributed by atoms with Gasteiger partial charge in [-0.1, -0.05) is 18.2 Å². The third kappa shape index (κ3) is 3.33. The Morgan fingerprint density at radius 3 is 2.65 bits per heavy atom. The van der Waals surface area contributed by atoms with Crippen LogP contribution in [0.5, 0.6) is 5.88 Å². The van der Waals surface area contributed by atoms with Crippen LogP contribution in [0, 0.1) is 5.92 Å². The van der Waals surface area contributed by atoms with Crippen molar-refractivity contribution in [3.8, 4) is 5.88 Å². The van der Waals surface area contributed by atoms with Gasteiger partial charge < -0.3 is 20.1 Å². The van der Waals surface area contributed by atoms with Crippen molar-refractivity contribution in [1.82, 2.24) is 9.97 Å². The first kappa shape index (κ1) is 19.6. The van der Waals surface area contributed by atoms with Gasteiger partial charge in [-0.2, -0.15) is 0 Å². The average molecular weight is 419 g/mol. The minimum Gasteiger partial charge on any atom is -0.481 e. The number of methoxy groups -OCH3 is 1. The van der Waals surface area contributed by atoms with Crippen molar-refractivity contribution in [3.63, 3.8) is 0 Å². The largest absolute Gasteiger partial charge is 0.481 e. The monoisotopic (exact) mass is 419 g/mol. The molecular formula is C23H25N5O3. The van der Waals surface area contributed by atoms with Gasteiger partial charge in [-0.25, -0.2) is 9.78 Å². The second-order valence-corrected chi connectivity index (χ2v) is 8.34. The summed E-state index contributed by atoms with van der Waals surface area (Å²) in [5.74, 6) is 0.733. The predicted molar refractivity (Wildman–Crippen MR) is 118 cm³/mol. The number of nitrogens with zero attached hydrogens (tertiary/aromatic N) is 4. The number of carbonyl (C=O) groups is 1. The summed E-state index contributed by atoms with van der Waals surface area (Å²) in [6.07, 6.45) is 1.07. The second kappa shape index (κ2) is 7.39. The number of hydrogen-bond acceptors (Lipinski definition) is 7. The number of cyclic esters (lactones) is 1. The van der Waals surface area contributed by atoms with Crippen LogP contribution >= 0.6 is 0 Å². The van der Waals surface area contributed by atoms with E-state index < -0.39 is 5.54 Å². The Hall–Kier alpha value is -3.39. The molecule has 0 saturated carbocycles. The summed E-state index contributed by atoms with van der Waals surface area (Å²) >= 11 is 0. The number of rotatable bonds is 5. The van der Waals surface area contributed by atoms with Crippen molar-refractivity contribution in [2.45, 2.75) is 18.6 Å². The van der Waals surface area contributed by atoms with Gasteiger partial charge in [-0.05, 0) is 31.2 Å². The lowest BCUT2D eigenvalue weighted by Gasteiger charge is -2.49. The number of nitrogens with two attached hydrogens (primary N) is 1. The summed E-state index contributed by atoms with van der Waals surface area (Å²) in [6, 6.07) is 15.2. The topological polar surface area (TPSA) is 93.8 Å². The molecule has 3 aromatic rings. The Morgan fingerprint density at radius 1 is 1.13 bits per heavy atom. The number of amides is 1. The van der Waals surface area contributed by atoms with Gasteiger partial charge in [0.25, 0.3) is 0 Å². The maximum Gasteiger partial charge on any atom is 0.414 e. The van der Waals surface area contributed by atoms with Crippen LogP contribution < -0.4 is 20.3 Å². The fraction of sp³-hybridized carbons (Fsp3) is 0.348. The summed E-state index contributed by atoms with van der Waals surface area (Å²) in [4.78, 5) is 25.3. The minimum absolute atomic E-state index is 0.176. The maximum atomic E-state index is 12.5. The zero-order chi connectivity index (χ0) is 21.6. The molecular weight excluding hydrogens is 394 g/mol. The quantitative estimate of drug-likeness (QED) is 0.680. The fourth-order valence-corrected chi connectivity index (χ4v) is 4.30. The van der Waals surface area contributed by atoms with E-state index in [0.717, 1.165) is 35.5 Å². The van der Waals surface area contributed by atoms with Crippen LogP contribution in [-0.4, -0.2) is 54.4 Å². The van der Waals surface area contributed by atoms with Crippen LogP contribution in [0.4, 0.5) is 16.2 Å². The molecule has 2 fully saturated rings. The van der Waals surface area contributed by atoms with Crippen molar-refractivity contribution in [2.75, 3.05) is 36.5 Å². The van der Waals surface area contributed by atoms with Gasteiger partial charge in [0.05, 0.1) is 30.4 Å². The first-order valence-corrected chi connectivity index (χ1v) is 10.3. The summed E-state index contributed by atoms with van der Waals surface area (Å²) in [6.45, 7) is 3.94. The molecule has 0 radical (unpaired) electrons. The molecule has 8 heteroatoms. The molecule has 2 N–H and O–H groups in total. The first-order valence-electron chi connectivity index (χ1n) is 10.3. The lowest BCUT2D eigenvalue weighted by molar-refractivity contribution is 0.0577. The number of hydrogen-bond donors (Lipinski definition) is 1. The van der Waals surface area contributed by atoms with Gasteiger partial charge in [-0.15, -0.1) is 0 Å². The lowest BCUT2D eigenvalue weighted by Crippen LogP contribution is -2.66. The van der Waals surface area contributed by atoms with Gasteiger partial charge in [-0.3, -0.25) is 9.88 Å². The molecule has 1 unspecified atom stereocenters. The van der Waals surface area contributed by atoms with Crippen LogP contribution in [0.2, 0.25) is 0 Å². The number of fused-ring (bicyclic) bond motifs is 1. The van der Waals surface area contributed by atoms with Crippen LogP contribution in [0.1, 0.15) is 6.92 Å². The maximum absolute atomic E-state index is 12.5. The molecule has 4 heterocycles. The molecule has 1 amide bonds. The second-order valence-electron chi connectivity index (χ2n) is 8.34. The van der Waals surface area contributed by atoms with Crippen molar-refractivity contribution in [2.24, 2.45) is 11.7 Å². The summed E-state index contributed by atoms with van der Waals surface area (Å²) in [7, 11) is 1.60. The summed E-state index contributed by atoms with van der Waals surface area (Å²) in [5, 5.41) is 0. The molecule has 8 nitrogen and oxygen atoms in total. The van der Waals surface area contributed by atoms with Gasteiger partial charge in [0.15, 0.2) is 0 Å². The molecule has 0 spiro atoms. The van der Waals surface area contributed by atoms with Gasteiger partial charge >= 0.3 is 6.09 Å². The van der Waals surface area contributed by atoms with E-state index in [9.17, 15) is 4.79 Å². The van der Waals surface area contributed by atoms with Crippen molar-refractivity contribution < 1.29 is 14.3 Å². The number of carbonyl (C=O) groups excluding carboxylic acids is 1. The highest BCUT2D eigenvalue weighted by atomic mass is 16.6. The fourth-order valence-electron chi connectivity index (χ4n) is 4.30. The number of benzene rings is 1. The van der Waals surface area contributed by atoms with Gasteiger partial charge in [0.2, 0.25) is 5.88 Å². The summed E-state index contributed by atoms with van der Waals surface area (Å²) in [5.41, 5.74) is 9.56. The van der Waals surface area contributed by atoms with Gasteiger partial charge in [0, 0.05) is 37.0 Å². The number of pyridine rings is 2. The molecule has 2 aromatic heterocycles. The van der Waals surface area contributed by atoms with Crippen LogP contribution in [-0.2, 0) is 4.74 Å². The minimum atomic E-state index is -0.649. The van der Waals surface area contributed by atoms with E-state index in [-0.39, 0.29) is 18.1 Å². The number of para-hydroxylation sites is 1. The Labute approximate surface area is 180 Å². The van der Waals surface area contributed by atoms with Crippen molar-refractivity contribution in [1.29, 1.82) is 0 Å². The normalized spacial score (nSPS) is 21.0. The smallest absolute Gasteiger partial charge is 0.414 e. The molecule has 0 aliphatic carbocycles. The van der Waals surface area contributed by atoms with Gasteiger partial charge in [0.1, 0.15) is 11.6 Å². The number of aromatic nitrogens is 2. The first-order chi connectivity index (χ1) is 15.0. The van der Waals surface area contributed by atoms with Crippen LogP contribution in [0.3, 0.4) is 0 Å². The molecule has 2 saturated heterocycles. The molecule has 2 atom stereocenters. The van der Waals surface area contributed by atoms with E-state index in [2.05, 4.69) is 14.9 Å². The van der Waals surface area contributed by atoms with E-state index in [1.165, 1.54) is 0 Å². The molecule has 2 aliphatic rings. The SMILES string of the molecule is COc1ccc2nccc(N3CC(C(C)(N)[C@H]4CN(c5ccccc5)C(=O)O4)C3)c2n1. The highest BCUT2D eigenvalue weighted by Crippen LogP contribution is 2.38. The number of ether oxygens (including phenoxy) is 2. The molecule has 1 aromatic carbocycles. The molecule has 31 heavy (non-hydrogen) atoms. The molecule has 5 rings (SSSR count). The third-order valence-electron chi connectivity index (χ3n) is 6.42. The zero-order valence-corrected chi connectivity index (χ0v) is 17.6. The summed E-state index contributed by atoms with van der Waals surface area (Å²) < 4.78 is 11.0. The van der Waals surface area contributed by atoms with E-state index in [0.29, 0.717) is 12.4 Å². The molecule has 0 bridgehead atoms. The Bertz CT molecular complexity index is 1110. The van der Waals surface area contributed by atoms with Crippen molar-refractivity contribution in [3.05, 3.63) is 54.7 Å². The number of anilines is 2. The van der Waals surface area contributed by atoms with E-state index in [1.54, 1.807) is 18.2 Å². The predicted octanol–water partition coefficient (Wildman–Crippen LogP) is 2.82. The molecule has 2 aliphatic heterocycles. The van der Waals surface area contributed by atoms with E-state index >= 15 is 0 Å². The Morgan fingerprint density at radius 2 is 1.90 bits per heavy atom. The average Bonchev–Trinajstić information content (AvgIpc) is 3.15. The van der Waals surface area contributed by atoms with Crippen molar-refractivity contribution >= 4 is 28.5 Å². The highest BCUT2D eigenvalue weighted by molar-refractivity contribution is 5.90. The zero-order valence-electron chi connectivity index (χ0n) is 17.6. The third-order valence-corrected chi connectivity index (χ3v) is 6.42. The molecule has 160 valence electrons. The van der Waals surface area contributed by atoms with E-state index in [4.69, 9.17) is 15.2 Å². The lowest BCUT2D eigenvalue weighted by atomic mass is 9.76. The highest BCUT2D eigenvalue weighted by Gasteiger charge is 2.50. The Balaban J connectivity index is 1.31.